The molecule has 1 saturated heterocycles. The third-order valence-electron chi connectivity index (χ3n) is 6.81. The van der Waals surface area contributed by atoms with E-state index >= 15 is 0 Å². The Labute approximate surface area is 264 Å². The molecular formula is C24H22F2I2O13S. The fourth-order valence-corrected chi connectivity index (χ4v) is 7.42. The molecular weight excluding hydrogens is 820 g/mol. The van der Waals surface area contributed by atoms with E-state index in [9.17, 15) is 41.2 Å². The van der Waals surface area contributed by atoms with Gasteiger partial charge in [-0.2, -0.15) is 17.2 Å². The predicted molar refractivity (Wildman–Crippen MR) is 148 cm³/mol. The average molecular weight is 842 g/mol. The number of alkyl halides is 2. The Balaban J connectivity index is 1.50. The third kappa shape index (κ3) is 6.35. The van der Waals surface area contributed by atoms with Crippen molar-refractivity contribution >= 4 is 85.1 Å². The van der Waals surface area contributed by atoms with Crippen LogP contribution < -0.4 is 4.74 Å². The summed E-state index contributed by atoms with van der Waals surface area (Å²) in [7, 11) is -5.90. The van der Waals surface area contributed by atoms with Crippen LogP contribution in [0.4, 0.5) is 8.78 Å². The van der Waals surface area contributed by atoms with Crippen molar-refractivity contribution in [1.82, 2.24) is 0 Å². The topological polar surface area (TPSA) is 186 Å². The number of halogens is 4. The molecule has 0 radical (unpaired) electrons. The molecule has 2 aliphatic carbocycles. The van der Waals surface area contributed by atoms with Crippen molar-refractivity contribution in [3.05, 3.63) is 24.8 Å². The van der Waals surface area contributed by atoms with E-state index in [1.165, 1.54) is 6.07 Å². The monoisotopic (exact) mass is 842 g/mol. The molecule has 13 nitrogen and oxygen atoms in total. The first-order chi connectivity index (χ1) is 19.2. The third-order valence-corrected chi connectivity index (χ3v) is 9.10. The zero-order chi connectivity index (χ0) is 31.5. The van der Waals surface area contributed by atoms with Crippen LogP contribution in [-0.2, 0) is 48.2 Å². The van der Waals surface area contributed by atoms with Gasteiger partial charge in [-0.25, -0.2) is 14.4 Å². The first-order valence-electron chi connectivity index (χ1n) is 12.1. The second-order valence-corrected chi connectivity index (χ2v) is 14.7. The van der Waals surface area contributed by atoms with E-state index in [2.05, 4.69) is 4.74 Å². The summed E-state index contributed by atoms with van der Waals surface area (Å²) in [4.78, 5) is 63.5. The van der Waals surface area contributed by atoms with Crippen molar-refractivity contribution in [2.75, 3.05) is 6.61 Å². The van der Waals surface area contributed by atoms with Crippen LogP contribution in [0.15, 0.2) is 12.1 Å². The van der Waals surface area contributed by atoms with Crippen LogP contribution in [0.2, 0.25) is 0 Å². The van der Waals surface area contributed by atoms with E-state index in [4.69, 9.17) is 23.5 Å². The minimum absolute atomic E-state index is 0.0617. The number of esters is 5. The highest BCUT2D eigenvalue weighted by molar-refractivity contribution is 14.1. The van der Waals surface area contributed by atoms with E-state index in [1.54, 1.807) is 66.0 Å². The van der Waals surface area contributed by atoms with Gasteiger partial charge in [0.2, 0.25) is 0 Å². The maximum atomic E-state index is 13.6. The molecule has 4 rings (SSSR count). The minimum atomic E-state index is -5.90. The Morgan fingerprint density at radius 1 is 1.10 bits per heavy atom. The summed E-state index contributed by atoms with van der Waals surface area (Å²) in [5.74, 6) is -9.48. The lowest BCUT2D eigenvalue weighted by molar-refractivity contribution is -0.176. The molecule has 2 saturated carbocycles. The van der Waals surface area contributed by atoms with Gasteiger partial charge in [-0.05, 0) is 84.5 Å². The van der Waals surface area contributed by atoms with Crippen molar-refractivity contribution in [3.63, 3.8) is 0 Å². The Kier molecular flexibility index (Phi) is 8.86. The summed E-state index contributed by atoms with van der Waals surface area (Å²) in [6.07, 6.45) is -1.76. The lowest BCUT2D eigenvalue weighted by atomic mass is 9.78. The first-order valence-corrected chi connectivity index (χ1v) is 15.7. The molecule has 1 aromatic carbocycles. The Bertz CT molecular complexity index is 1470. The van der Waals surface area contributed by atoms with Crippen molar-refractivity contribution < 1.29 is 69.4 Å². The summed E-state index contributed by atoms with van der Waals surface area (Å²) in [6, 6.07) is 2.46. The second-order valence-electron chi connectivity index (χ2n) is 10.8. The Morgan fingerprint density at radius 3 is 2.33 bits per heavy atom. The van der Waals surface area contributed by atoms with Gasteiger partial charge in [-0.3, -0.25) is 14.1 Å². The molecule has 42 heavy (non-hydrogen) atoms. The number of fused-ring (bicyclic) bond motifs is 1. The van der Waals surface area contributed by atoms with E-state index in [-0.39, 0.29) is 3.57 Å². The van der Waals surface area contributed by atoms with Gasteiger partial charge < -0.3 is 23.7 Å². The van der Waals surface area contributed by atoms with Crippen molar-refractivity contribution in [3.8, 4) is 5.75 Å². The van der Waals surface area contributed by atoms with Gasteiger partial charge in [-0.1, -0.05) is 0 Å². The lowest BCUT2D eigenvalue weighted by Gasteiger charge is -2.31. The fourth-order valence-electron chi connectivity index (χ4n) is 5.26. The van der Waals surface area contributed by atoms with Crippen LogP contribution in [0.3, 0.4) is 0 Å². The maximum Gasteiger partial charge on any atom is 0.422 e. The Morgan fingerprint density at radius 2 is 1.74 bits per heavy atom. The van der Waals surface area contributed by atoms with Crippen molar-refractivity contribution in [2.45, 2.75) is 50.3 Å². The number of carbonyl (C=O) groups is 5. The average Bonchev–Trinajstić information content (AvgIpc) is 3.46. The summed E-state index contributed by atoms with van der Waals surface area (Å²) in [5, 5.41) is -4.82. The Hall–Kier alpha value is -2.20. The molecule has 0 aromatic heterocycles. The van der Waals surface area contributed by atoms with Crippen LogP contribution in [0, 0.1) is 30.8 Å². The van der Waals surface area contributed by atoms with Crippen LogP contribution in [0.25, 0.3) is 0 Å². The lowest BCUT2D eigenvalue weighted by Crippen LogP contribution is -2.46. The fraction of sp³-hybridized carbons (Fsp3) is 0.542. The highest BCUT2D eigenvalue weighted by atomic mass is 127. The quantitative estimate of drug-likeness (QED) is 0.106. The zero-order valence-electron chi connectivity index (χ0n) is 21.8. The molecule has 0 amide bonds. The van der Waals surface area contributed by atoms with Gasteiger partial charge in [0.1, 0.15) is 23.4 Å². The molecule has 3 fully saturated rings. The van der Waals surface area contributed by atoms with E-state index in [0.29, 0.717) is 9.99 Å². The highest BCUT2D eigenvalue weighted by Gasteiger charge is 2.70. The normalized spacial score (nSPS) is 26.4. The largest absolute Gasteiger partial charge is 0.460 e. The molecule has 1 aromatic rings. The predicted octanol–water partition coefficient (Wildman–Crippen LogP) is 2.50. The zero-order valence-corrected chi connectivity index (χ0v) is 26.9. The van der Waals surface area contributed by atoms with Crippen molar-refractivity contribution in [2.24, 2.45) is 23.7 Å². The van der Waals surface area contributed by atoms with E-state index < -0.39 is 105 Å². The molecule has 1 heterocycles. The smallest absolute Gasteiger partial charge is 0.422 e. The van der Waals surface area contributed by atoms with Crippen molar-refractivity contribution in [1.29, 1.82) is 0 Å². The minimum Gasteiger partial charge on any atom is -0.460 e. The number of rotatable bonds is 7. The summed E-state index contributed by atoms with van der Waals surface area (Å²) < 4.78 is 83.3. The number of ether oxygens (including phenoxy) is 5. The van der Waals surface area contributed by atoms with E-state index in [0.717, 1.165) is 6.07 Å². The summed E-state index contributed by atoms with van der Waals surface area (Å²) in [5.41, 5.74) is -1.47. The van der Waals surface area contributed by atoms with Gasteiger partial charge >= 0.3 is 45.2 Å². The number of carbonyl (C=O) groups excluding carboxylic acids is 5. The summed E-state index contributed by atoms with van der Waals surface area (Å²) in [6.45, 7) is 2.90. The molecule has 3 aliphatic rings. The molecule has 2 bridgehead atoms. The molecule has 18 heteroatoms. The van der Waals surface area contributed by atoms with Gasteiger partial charge in [-0.15, -0.1) is 0 Å². The van der Waals surface area contributed by atoms with Gasteiger partial charge in [0.15, 0.2) is 12.4 Å². The van der Waals surface area contributed by atoms with Crippen LogP contribution in [0.5, 0.6) is 5.75 Å². The van der Waals surface area contributed by atoms with Gasteiger partial charge in [0.25, 0.3) is 0 Å². The molecule has 1 N–H and O–H groups in total. The molecule has 230 valence electrons. The standard InChI is InChI=1S/C24H22F2I2O13S/c1-23(2,3)41-20(31)14-10-6-9-13(14)19(30)39-16(9)17(10)40-22(33)21(32)38-15-11(4-8(27)5-12(15)28)18(29)37-7-24(25,26)42(34,35)36/h4-5,9-10,13-14,16-17H,6-7H2,1-3H3,(H,34,35,36). The van der Waals surface area contributed by atoms with Crippen LogP contribution >= 0.6 is 45.2 Å². The molecule has 1 aliphatic heterocycles. The molecule has 0 spiro atoms. The maximum absolute atomic E-state index is 13.6. The van der Waals surface area contributed by atoms with Crippen LogP contribution in [0.1, 0.15) is 37.6 Å². The number of hydrogen-bond donors (Lipinski definition) is 1. The number of benzene rings is 1. The molecule has 6 atom stereocenters. The molecule has 6 unspecified atom stereocenters. The SMILES string of the molecule is CC(C)(C)OC(=O)C1C2CC3C(OC(=O)C31)C2OC(=O)C(=O)Oc1c(I)cc(I)cc1C(=O)OCC(F)(F)S(=O)(=O)O. The van der Waals surface area contributed by atoms with E-state index in [1.807, 2.05) is 0 Å². The highest BCUT2D eigenvalue weighted by Crippen LogP contribution is 2.59. The van der Waals surface area contributed by atoms with Gasteiger partial charge in [0, 0.05) is 15.4 Å². The number of hydrogen-bond acceptors (Lipinski definition) is 12. The second kappa shape index (κ2) is 11.4. The van der Waals surface area contributed by atoms with Crippen LogP contribution in [-0.4, -0.2) is 72.5 Å². The first kappa shape index (κ1) is 32.7. The summed E-state index contributed by atoms with van der Waals surface area (Å²) >= 11 is 3.37. The van der Waals surface area contributed by atoms with Gasteiger partial charge in [0.05, 0.1) is 15.4 Å².